The molecular weight excluding hydrogens is 324 g/mol. The van der Waals surface area contributed by atoms with E-state index in [1.807, 2.05) is 0 Å². The van der Waals surface area contributed by atoms with Crippen molar-refractivity contribution in [1.82, 2.24) is 4.31 Å². The van der Waals surface area contributed by atoms with Gasteiger partial charge in [0.15, 0.2) is 4.90 Å². The van der Waals surface area contributed by atoms with Crippen molar-refractivity contribution in [1.29, 1.82) is 0 Å². The summed E-state index contributed by atoms with van der Waals surface area (Å²) < 4.78 is 31.3. The third-order valence-corrected chi connectivity index (χ3v) is 5.11. The first-order chi connectivity index (χ1) is 10.8. The van der Waals surface area contributed by atoms with E-state index in [1.54, 1.807) is 13.8 Å². The molecule has 1 aromatic rings. The minimum absolute atomic E-state index is 0.0621. The summed E-state index contributed by atoms with van der Waals surface area (Å²) in [5.74, 6) is -0.694. The molecule has 1 aromatic carbocycles. The molecule has 0 spiro atoms. The van der Waals surface area contributed by atoms with Gasteiger partial charge in [0, 0.05) is 12.6 Å². The molecule has 0 aromatic heterocycles. The Balaban J connectivity index is 3.36. The molecule has 128 valence electrons. The summed E-state index contributed by atoms with van der Waals surface area (Å²) in [5.41, 5.74) is -0.251. The summed E-state index contributed by atoms with van der Waals surface area (Å²) in [5, 5.41) is 11.2. The summed E-state index contributed by atoms with van der Waals surface area (Å²) in [6, 6.07) is 4.03. The normalized spacial score (nSPS) is 11.5. The third-order valence-electron chi connectivity index (χ3n) is 3.07. The van der Waals surface area contributed by atoms with Crippen LogP contribution in [0.2, 0.25) is 0 Å². The maximum absolute atomic E-state index is 12.8. The van der Waals surface area contributed by atoms with Crippen molar-refractivity contribution in [3.05, 3.63) is 33.9 Å². The molecule has 0 unspecified atom stereocenters. The first-order valence-corrected chi connectivity index (χ1v) is 8.59. The van der Waals surface area contributed by atoms with E-state index in [2.05, 4.69) is 0 Å². The molecule has 0 aliphatic rings. The molecule has 0 bridgehead atoms. The van der Waals surface area contributed by atoms with Crippen molar-refractivity contribution in [2.24, 2.45) is 0 Å². The highest BCUT2D eigenvalue weighted by Gasteiger charge is 2.34. The van der Waals surface area contributed by atoms with Gasteiger partial charge in [-0.3, -0.25) is 14.9 Å². The first kappa shape index (κ1) is 19.0. The summed E-state index contributed by atoms with van der Waals surface area (Å²) >= 11 is 0. The molecule has 0 radical (unpaired) electrons. The van der Waals surface area contributed by atoms with Crippen molar-refractivity contribution in [3.8, 4) is 0 Å². The molecule has 1 rings (SSSR count). The fraction of sp³-hybridized carbons (Fsp3) is 0.500. The maximum Gasteiger partial charge on any atom is 0.321 e. The fourth-order valence-corrected chi connectivity index (χ4v) is 3.97. The van der Waals surface area contributed by atoms with Gasteiger partial charge in [0.2, 0.25) is 0 Å². The van der Waals surface area contributed by atoms with Gasteiger partial charge in [0.25, 0.3) is 15.7 Å². The lowest BCUT2D eigenvalue weighted by Gasteiger charge is -2.21. The van der Waals surface area contributed by atoms with Gasteiger partial charge in [0.05, 0.1) is 11.5 Å². The number of esters is 1. The number of nitro benzene ring substituents is 1. The first-order valence-electron chi connectivity index (χ1n) is 7.15. The van der Waals surface area contributed by atoms with E-state index >= 15 is 0 Å². The van der Waals surface area contributed by atoms with Crippen molar-refractivity contribution in [2.75, 3.05) is 19.7 Å². The maximum atomic E-state index is 12.8. The number of rotatable bonds is 8. The Bertz CT molecular complexity index is 687. The average molecular weight is 344 g/mol. The van der Waals surface area contributed by atoms with Crippen LogP contribution in [0.3, 0.4) is 0 Å². The van der Waals surface area contributed by atoms with Crippen LogP contribution in [0.15, 0.2) is 23.1 Å². The monoisotopic (exact) mass is 344 g/mol. The van der Waals surface area contributed by atoms with E-state index in [0.29, 0.717) is 6.42 Å². The average Bonchev–Trinajstić information content (AvgIpc) is 2.46. The van der Waals surface area contributed by atoms with Crippen LogP contribution in [0.5, 0.6) is 0 Å². The number of aryl methyl sites for hydroxylation is 1. The van der Waals surface area contributed by atoms with Crippen molar-refractivity contribution < 1.29 is 22.9 Å². The molecule has 0 aliphatic heterocycles. The van der Waals surface area contributed by atoms with Crippen LogP contribution in [0.1, 0.15) is 25.8 Å². The minimum atomic E-state index is -4.19. The predicted octanol–water partition coefficient (Wildman–Crippen LogP) is 1.87. The molecule has 23 heavy (non-hydrogen) atoms. The lowest BCUT2D eigenvalue weighted by molar-refractivity contribution is -0.387. The standard InChI is InChI=1S/C14H20N2O6S/c1-4-9-15(10-13(17)22-5-2)23(20,21)14-11(3)7-6-8-12(14)16(18)19/h6-8H,4-5,9-10H2,1-3H3. The molecule has 0 aliphatic carbocycles. The zero-order chi connectivity index (χ0) is 17.6. The van der Waals surface area contributed by atoms with Crippen molar-refractivity contribution in [2.45, 2.75) is 32.1 Å². The number of hydrogen-bond donors (Lipinski definition) is 0. The highest BCUT2D eigenvalue weighted by Crippen LogP contribution is 2.29. The molecule has 0 saturated heterocycles. The van der Waals surface area contributed by atoms with Crippen LogP contribution in [-0.2, 0) is 19.6 Å². The Kier molecular flexibility index (Phi) is 6.64. The Morgan fingerprint density at radius 3 is 2.52 bits per heavy atom. The van der Waals surface area contributed by atoms with Gasteiger partial charge in [-0.1, -0.05) is 19.1 Å². The number of nitrogens with zero attached hydrogens (tertiary/aromatic N) is 2. The Labute approximate surface area is 135 Å². The van der Waals surface area contributed by atoms with Crippen LogP contribution in [-0.4, -0.2) is 43.3 Å². The van der Waals surface area contributed by atoms with E-state index in [-0.39, 0.29) is 23.6 Å². The van der Waals surface area contributed by atoms with Gasteiger partial charge in [0.1, 0.15) is 6.54 Å². The van der Waals surface area contributed by atoms with Crippen molar-refractivity contribution >= 4 is 21.7 Å². The highest BCUT2D eigenvalue weighted by atomic mass is 32.2. The van der Waals surface area contributed by atoms with Crippen LogP contribution in [0.4, 0.5) is 5.69 Å². The summed E-state index contributed by atoms with van der Waals surface area (Å²) in [4.78, 5) is 21.7. The Morgan fingerprint density at radius 1 is 1.35 bits per heavy atom. The number of nitro groups is 1. The molecule has 0 amide bonds. The molecule has 8 nitrogen and oxygen atoms in total. The van der Waals surface area contributed by atoms with Gasteiger partial charge >= 0.3 is 5.97 Å². The van der Waals surface area contributed by atoms with Gasteiger partial charge in [-0.05, 0) is 25.8 Å². The topological polar surface area (TPSA) is 107 Å². The molecule has 0 atom stereocenters. The number of carbonyl (C=O) groups excluding carboxylic acids is 1. The lowest BCUT2D eigenvalue weighted by Crippen LogP contribution is -2.37. The second kappa shape index (κ2) is 8.02. The van der Waals surface area contributed by atoms with Gasteiger partial charge in [-0.15, -0.1) is 0 Å². The number of hydrogen-bond acceptors (Lipinski definition) is 6. The van der Waals surface area contributed by atoms with Gasteiger partial charge in [-0.25, -0.2) is 8.42 Å². The largest absolute Gasteiger partial charge is 0.465 e. The summed E-state index contributed by atoms with van der Waals surface area (Å²) in [6.45, 7) is 4.56. The smallest absolute Gasteiger partial charge is 0.321 e. The SMILES string of the molecule is CCCN(CC(=O)OCC)S(=O)(=O)c1c(C)cccc1[N+](=O)[O-]. The molecule has 0 saturated carbocycles. The van der Waals surface area contributed by atoms with Crippen LogP contribution < -0.4 is 0 Å². The molecule has 0 fully saturated rings. The predicted molar refractivity (Wildman–Crippen MR) is 83.5 cm³/mol. The van der Waals surface area contributed by atoms with Crippen LogP contribution in [0, 0.1) is 17.0 Å². The molecule has 0 N–H and O–H groups in total. The van der Waals surface area contributed by atoms with Crippen molar-refractivity contribution in [3.63, 3.8) is 0 Å². The highest BCUT2D eigenvalue weighted by molar-refractivity contribution is 7.89. The second-order valence-corrected chi connectivity index (χ2v) is 6.70. The number of carbonyl (C=O) groups is 1. The summed E-state index contributed by atoms with van der Waals surface area (Å²) in [6.07, 6.45) is 0.457. The van der Waals surface area contributed by atoms with E-state index in [4.69, 9.17) is 4.74 Å². The number of sulfonamides is 1. The molecular formula is C14H20N2O6S. The fourth-order valence-electron chi connectivity index (χ4n) is 2.13. The van der Waals surface area contributed by atoms with Crippen LogP contribution in [0.25, 0.3) is 0 Å². The van der Waals surface area contributed by atoms with E-state index in [9.17, 15) is 23.3 Å². The quantitative estimate of drug-likeness (QED) is 0.405. The third kappa shape index (κ3) is 4.49. The Hall–Kier alpha value is -2.00. The lowest BCUT2D eigenvalue weighted by atomic mass is 10.2. The van der Waals surface area contributed by atoms with E-state index in [1.165, 1.54) is 19.1 Å². The number of benzene rings is 1. The zero-order valence-corrected chi connectivity index (χ0v) is 14.1. The van der Waals surface area contributed by atoms with Gasteiger partial charge < -0.3 is 4.74 Å². The van der Waals surface area contributed by atoms with Gasteiger partial charge in [-0.2, -0.15) is 4.31 Å². The molecule has 0 heterocycles. The summed E-state index contributed by atoms with van der Waals surface area (Å²) in [7, 11) is -4.19. The Morgan fingerprint density at radius 2 is 2.00 bits per heavy atom. The van der Waals surface area contributed by atoms with E-state index in [0.717, 1.165) is 10.4 Å². The zero-order valence-electron chi connectivity index (χ0n) is 13.3. The molecule has 9 heteroatoms. The second-order valence-electron chi connectivity index (χ2n) is 4.82. The van der Waals surface area contributed by atoms with Crippen LogP contribution >= 0.6 is 0 Å². The minimum Gasteiger partial charge on any atom is -0.465 e. The van der Waals surface area contributed by atoms with E-state index < -0.39 is 33.1 Å². The number of ether oxygens (including phenoxy) is 1.